The number of nitrogens with two attached hydrogens (primary N) is 1. The van der Waals surface area contributed by atoms with Crippen LogP contribution in [0.5, 0.6) is 0 Å². The number of aromatic amines is 1. The van der Waals surface area contributed by atoms with Gasteiger partial charge in [-0.1, -0.05) is 54.0 Å². The predicted octanol–water partition coefficient (Wildman–Crippen LogP) is 7.67. The average Bonchev–Trinajstić information content (AvgIpc) is 3.28. The lowest BCUT2D eigenvalue weighted by Crippen LogP contribution is -2.64. The maximum atomic E-state index is 12.7. The van der Waals surface area contributed by atoms with Gasteiger partial charge in [-0.3, -0.25) is 14.9 Å². The highest BCUT2D eigenvalue weighted by Gasteiger charge is 2.68. The third-order valence-electron chi connectivity index (χ3n) is 14.1. The van der Waals surface area contributed by atoms with E-state index in [1.165, 1.54) is 35.2 Å². The van der Waals surface area contributed by atoms with Crippen molar-refractivity contribution < 1.29 is 9.90 Å². The third-order valence-corrected chi connectivity index (χ3v) is 14.1. The number of anilines is 1. The van der Waals surface area contributed by atoms with E-state index in [9.17, 15) is 9.90 Å². The Morgan fingerprint density at radius 1 is 1.00 bits per heavy atom. The van der Waals surface area contributed by atoms with Gasteiger partial charge in [-0.15, -0.1) is 0 Å². The summed E-state index contributed by atoms with van der Waals surface area (Å²) in [5.41, 5.74) is 13.6. The van der Waals surface area contributed by atoms with Crippen molar-refractivity contribution in [2.24, 2.45) is 51.2 Å². The SMILES string of the molecule is CC1(C)C[C@@H]2C3=C(c4ccncc4)CC4[C@@]5(C)Cc6c(N)n[nH]c6C(C)(C)[C@@H]5CC[C@@]4(C)[C@]3(C)CC[C@@H]2[C@H](C(=O)O)C1. The smallest absolute Gasteiger partial charge is 0.306 e. The Labute approximate surface area is 251 Å². The first kappa shape index (κ1) is 28.2. The Kier molecular flexibility index (Phi) is 5.85. The molecule has 2 aromatic heterocycles. The first-order chi connectivity index (χ1) is 19.6. The van der Waals surface area contributed by atoms with Crippen LogP contribution in [0, 0.1) is 51.2 Å². The first-order valence-electron chi connectivity index (χ1n) is 16.3. The van der Waals surface area contributed by atoms with E-state index >= 15 is 0 Å². The zero-order chi connectivity index (χ0) is 30.0. The molecule has 5 aliphatic rings. The third kappa shape index (κ3) is 3.53. The van der Waals surface area contributed by atoms with Crippen LogP contribution in [-0.4, -0.2) is 26.3 Å². The number of rotatable bonds is 2. The second-order valence-corrected chi connectivity index (χ2v) is 16.9. The summed E-state index contributed by atoms with van der Waals surface area (Å²) in [5, 5.41) is 18.3. The molecular weight excluding hydrogens is 520 g/mol. The van der Waals surface area contributed by atoms with Crippen LogP contribution >= 0.6 is 0 Å². The van der Waals surface area contributed by atoms with Gasteiger partial charge < -0.3 is 10.8 Å². The number of carboxylic acid groups (broad SMARTS) is 1. The molecule has 4 N–H and O–H groups in total. The lowest BCUT2D eigenvalue weighted by atomic mass is 9.33. The minimum Gasteiger partial charge on any atom is -0.481 e. The van der Waals surface area contributed by atoms with E-state index < -0.39 is 5.97 Å². The number of hydrogen-bond acceptors (Lipinski definition) is 4. The summed E-state index contributed by atoms with van der Waals surface area (Å²) in [7, 11) is 0. The van der Waals surface area contributed by atoms with Gasteiger partial charge in [0.1, 0.15) is 5.82 Å². The van der Waals surface area contributed by atoms with Gasteiger partial charge in [0.2, 0.25) is 0 Å². The molecule has 6 nitrogen and oxygen atoms in total. The molecule has 1 unspecified atom stereocenters. The van der Waals surface area contributed by atoms with Crippen LogP contribution in [0.3, 0.4) is 0 Å². The number of carbonyl (C=O) groups is 1. The molecule has 2 aromatic rings. The fraction of sp³-hybridized carbons (Fsp3) is 0.694. The second-order valence-electron chi connectivity index (χ2n) is 16.9. The van der Waals surface area contributed by atoms with E-state index in [4.69, 9.17) is 5.73 Å². The summed E-state index contributed by atoms with van der Waals surface area (Å²) in [6, 6.07) is 4.41. The molecule has 0 saturated heterocycles. The molecule has 5 aliphatic carbocycles. The maximum absolute atomic E-state index is 12.7. The van der Waals surface area contributed by atoms with Gasteiger partial charge in [0, 0.05) is 29.1 Å². The molecule has 0 radical (unpaired) electrons. The molecule has 0 aromatic carbocycles. The first-order valence-corrected chi connectivity index (χ1v) is 16.3. The molecule has 0 aliphatic heterocycles. The molecule has 0 amide bonds. The summed E-state index contributed by atoms with van der Waals surface area (Å²) in [6.07, 6.45) is 12.2. The number of H-pyrrole nitrogens is 1. The minimum atomic E-state index is -0.599. The molecular formula is C36H50N4O2. The van der Waals surface area contributed by atoms with Crippen LogP contribution < -0.4 is 5.73 Å². The van der Waals surface area contributed by atoms with Gasteiger partial charge in [-0.05, 0) is 120 Å². The number of allylic oxidation sites excluding steroid dienone is 2. The number of aliphatic carboxylic acids is 1. The second kappa shape index (κ2) is 8.72. The number of aromatic nitrogens is 3. The van der Waals surface area contributed by atoms with Crippen LogP contribution in [0.15, 0.2) is 30.1 Å². The number of hydrogen-bond donors (Lipinski definition) is 3. The van der Waals surface area contributed by atoms with Crippen LogP contribution in [-0.2, 0) is 16.6 Å². The lowest BCUT2D eigenvalue weighted by Gasteiger charge is -2.70. The van der Waals surface area contributed by atoms with Crippen LogP contribution in [0.25, 0.3) is 5.57 Å². The number of nitrogens with one attached hydrogen (secondary N) is 1. The molecule has 2 heterocycles. The fourth-order valence-corrected chi connectivity index (χ4v) is 12.3. The van der Waals surface area contributed by atoms with Gasteiger partial charge in [0.25, 0.3) is 0 Å². The maximum Gasteiger partial charge on any atom is 0.306 e. The molecule has 6 heteroatoms. The van der Waals surface area contributed by atoms with Gasteiger partial charge in [0.05, 0.1) is 5.92 Å². The molecule has 226 valence electrons. The number of carboxylic acids is 1. The van der Waals surface area contributed by atoms with E-state index in [0.717, 1.165) is 38.5 Å². The fourth-order valence-electron chi connectivity index (χ4n) is 12.3. The summed E-state index contributed by atoms with van der Waals surface area (Å²) in [5.74, 6) is 1.32. The van der Waals surface area contributed by atoms with Crippen molar-refractivity contribution in [3.8, 4) is 0 Å². The zero-order valence-electron chi connectivity index (χ0n) is 26.7. The Morgan fingerprint density at radius 2 is 1.71 bits per heavy atom. The average molecular weight is 571 g/mol. The van der Waals surface area contributed by atoms with Crippen molar-refractivity contribution in [2.75, 3.05) is 5.73 Å². The highest BCUT2D eigenvalue weighted by atomic mass is 16.4. The van der Waals surface area contributed by atoms with Crippen molar-refractivity contribution in [3.05, 3.63) is 46.9 Å². The highest BCUT2D eigenvalue weighted by molar-refractivity contribution is 5.74. The molecule has 3 saturated carbocycles. The topological polar surface area (TPSA) is 105 Å². The quantitative estimate of drug-likeness (QED) is 0.344. The monoisotopic (exact) mass is 570 g/mol. The van der Waals surface area contributed by atoms with Crippen molar-refractivity contribution in [2.45, 2.75) is 105 Å². The standard InChI is InChI=1S/C36H50N4O2/c1-32(2)17-23-21(24(18-32)31(41)42)8-12-36(7)28(23)22(20-10-14-38-15-11-20)16-27-34(5)19-25-29(39-40-30(25)37)33(3,4)26(34)9-13-35(27,36)6/h10-11,14-15,21,23-24,26-27H,8-9,12-13,16-19H2,1-7H3,(H,41,42)(H3,37,39,40)/t21-,23-,24+,26-,27?,34-,35+,36+/m0/s1. The number of fused-ring (bicyclic) bond motifs is 8. The van der Waals surface area contributed by atoms with Crippen LogP contribution in [0.1, 0.15) is 110 Å². The summed E-state index contributed by atoms with van der Waals surface area (Å²) < 4.78 is 0. The summed E-state index contributed by atoms with van der Waals surface area (Å²) >= 11 is 0. The summed E-state index contributed by atoms with van der Waals surface area (Å²) in [6.45, 7) is 17.2. The molecule has 7 rings (SSSR count). The molecule has 0 bridgehead atoms. The molecule has 8 atom stereocenters. The van der Waals surface area contributed by atoms with Gasteiger partial charge in [-0.2, -0.15) is 5.10 Å². The highest BCUT2D eigenvalue weighted by Crippen LogP contribution is 2.76. The van der Waals surface area contributed by atoms with E-state index in [1.54, 1.807) is 5.57 Å². The van der Waals surface area contributed by atoms with E-state index in [1.807, 2.05) is 12.4 Å². The Balaban J connectivity index is 1.45. The van der Waals surface area contributed by atoms with Crippen molar-refractivity contribution in [1.29, 1.82) is 0 Å². The molecule has 3 fully saturated rings. The zero-order valence-corrected chi connectivity index (χ0v) is 26.7. The lowest BCUT2D eigenvalue weighted by molar-refractivity contribution is -0.161. The normalized spacial score (nSPS) is 41.5. The predicted molar refractivity (Wildman–Crippen MR) is 166 cm³/mol. The molecule has 0 spiro atoms. The summed E-state index contributed by atoms with van der Waals surface area (Å²) in [4.78, 5) is 17.1. The van der Waals surface area contributed by atoms with E-state index in [-0.39, 0.29) is 38.9 Å². The van der Waals surface area contributed by atoms with Gasteiger partial charge in [-0.25, -0.2) is 0 Å². The number of nitrogen functional groups attached to an aromatic ring is 1. The van der Waals surface area contributed by atoms with Crippen molar-refractivity contribution >= 4 is 17.4 Å². The van der Waals surface area contributed by atoms with E-state index in [0.29, 0.717) is 23.6 Å². The van der Waals surface area contributed by atoms with Crippen LogP contribution in [0.2, 0.25) is 0 Å². The number of nitrogens with zero attached hydrogens (tertiary/aromatic N) is 2. The van der Waals surface area contributed by atoms with E-state index in [2.05, 4.69) is 75.8 Å². The Hall–Kier alpha value is -2.63. The Bertz CT molecular complexity index is 1470. The van der Waals surface area contributed by atoms with Crippen molar-refractivity contribution in [1.82, 2.24) is 15.2 Å². The van der Waals surface area contributed by atoms with Crippen LogP contribution in [0.4, 0.5) is 5.82 Å². The minimum absolute atomic E-state index is 0.00280. The van der Waals surface area contributed by atoms with Gasteiger partial charge in [0.15, 0.2) is 0 Å². The molecule has 42 heavy (non-hydrogen) atoms. The largest absolute Gasteiger partial charge is 0.481 e. The number of pyridine rings is 1. The van der Waals surface area contributed by atoms with Gasteiger partial charge >= 0.3 is 5.97 Å². The Morgan fingerprint density at radius 3 is 2.40 bits per heavy atom. The van der Waals surface area contributed by atoms with Crippen molar-refractivity contribution in [3.63, 3.8) is 0 Å².